The summed E-state index contributed by atoms with van der Waals surface area (Å²) in [6.45, 7) is 19.3. The molecule has 1 fully saturated rings. The Hall–Kier alpha value is -2.74. The number of nitrogens with zero attached hydrogens (tertiary/aromatic N) is 2. The minimum absolute atomic E-state index is 0.106. The second-order valence-corrected chi connectivity index (χ2v) is 10.4. The number of rotatable bonds is 8. The predicted octanol–water partition coefficient (Wildman–Crippen LogP) is 6.04. The van der Waals surface area contributed by atoms with Crippen molar-refractivity contribution in [2.45, 2.75) is 60.9 Å². The maximum atomic E-state index is 12.6. The number of hydrogen-bond acceptors (Lipinski definition) is 6. The number of piperazine rings is 1. The Morgan fingerprint density at radius 2 is 1.63 bits per heavy atom. The van der Waals surface area contributed by atoms with Crippen molar-refractivity contribution in [1.29, 1.82) is 0 Å². The van der Waals surface area contributed by atoms with Gasteiger partial charge in [-0.1, -0.05) is 38.5 Å². The maximum absolute atomic E-state index is 12.6. The normalized spacial score (nSPS) is 12.5. The van der Waals surface area contributed by atoms with Gasteiger partial charge in [-0.05, 0) is 74.6 Å². The number of carbonyl (C=O) groups excluding carboxylic acids is 1. The van der Waals surface area contributed by atoms with Gasteiger partial charge in [0, 0.05) is 62.1 Å². The number of thiazole rings is 1. The molecule has 0 aliphatic carbocycles. The smallest absolute Gasteiger partial charge is 0.253 e. The molecule has 4 rings (SSSR count). The summed E-state index contributed by atoms with van der Waals surface area (Å²) in [4.78, 5) is 18.8. The van der Waals surface area contributed by atoms with E-state index in [1.54, 1.807) is 11.3 Å². The predicted molar refractivity (Wildman–Crippen MR) is 164 cm³/mol. The molecule has 38 heavy (non-hydrogen) atoms. The van der Waals surface area contributed by atoms with Gasteiger partial charge in [-0.2, -0.15) is 0 Å². The van der Waals surface area contributed by atoms with E-state index < -0.39 is 0 Å². The number of hydrogen-bond donors (Lipinski definition) is 3. The Labute approximate surface area is 234 Å². The van der Waals surface area contributed by atoms with Crippen LogP contribution < -0.4 is 16.0 Å². The van der Waals surface area contributed by atoms with Crippen molar-refractivity contribution in [1.82, 2.24) is 20.5 Å². The summed E-state index contributed by atoms with van der Waals surface area (Å²) >= 11 is 1.66. The molecule has 7 heteroatoms. The molecule has 6 nitrogen and oxygen atoms in total. The summed E-state index contributed by atoms with van der Waals surface area (Å²) in [5, 5.41) is 13.0. The summed E-state index contributed by atoms with van der Waals surface area (Å²) < 4.78 is 0. The number of anilines is 1. The summed E-state index contributed by atoms with van der Waals surface area (Å²) in [6.07, 6.45) is 3.94. The standard InChI is InChI=1S/C24H29N3OS.C4H10N2.C3H8/c1-5-27(6-2)24(28)21-11-10-19(17(3)14-21)15-20-8-7-9-22(18(20)4)26-16-23-25-12-13-29-23;1-2-6-4-3-5-1;1-3-2/h7-14,26H,5-6,15-16H2,1-4H3;5-6H,1-4H2;3H2,1-2H3. The first-order valence-corrected chi connectivity index (χ1v) is 14.8. The topological polar surface area (TPSA) is 69.3 Å². The lowest BCUT2D eigenvalue weighted by Gasteiger charge is -2.19. The van der Waals surface area contributed by atoms with Gasteiger partial charge < -0.3 is 20.9 Å². The zero-order valence-electron chi connectivity index (χ0n) is 24.2. The van der Waals surface area contributed by atoms with Gasteiger partial charge in [0.05, 0.1) is 6.54 Å². The molecule has 0 saturated carbocycles. The molecule has 2 heterocycles. The molecule has 1 amide bonds. The maximum Gasteiger partial charge on any atom is 0.253 e. The van der Waals surface area contributed by atoms with E-state index in [9.17, 15) is 4.79 Å². The third kappa shape index (κ3) is 10.2. The number of benzene rings is 2. The minimum atomic E-state index is 0.106. The van der Waals surface area contributed by atoms with Crippen molar-refractivity contribution in [2.24, 2.45) is 0 Å². The van der Waals surface area contributed by atoms with Crippen molar-refractivity contribution in [2.75, 3.05) is 44.6 Å². The van der Waals surface area contributed by atoms with Crippen LogP contribution in [-0.2, 0) is 13.0 Å². The van der Waals surface area contributed by atoms with Crippen LogP contribution in [0.15, 0.2) is 48.0 Å². The largest absolute Gasteiger partial charge is 0.378 e. The molecule has 0 spiro atoms. The van der Waals surface area contributed by atoms with Crippen molar-refractivity contribution >= 4 is 22.9 Å². The van der Waals surface area contributed by atoms with Crippen LogP contribution >= 0.6 is 11.3 Å². The van der Waals surface area contributed by atoms with E-state index >= 15 is 0 Å². The Bertz CT molecular complexity index is 1060. The Morgan fingerprint density at radius 1 is 0.974 bits per heavy atom. The molecule has 1 aliphatic heterocycles. The highest BCUT2D eigenvalue weighted by Crippen LogP contribution is 2.24. The number of aromatic nitrogens is 1. The minimum Gasteiger partial charge on any atom is -0.378 e. The van der Waals surface area contributed by atoms with Crippen LogP contribution in [0.2, 0.25) is 0 Å². The first kappa shape index (κ1) is 31.5. The van der Waals surface area contributed by atoms with Crippen molar-refractivity contribution in [3.8, 4) is 0 Å². The highest BCUT2D eigenvalue weighted by molar-refractivity contribution is 7.09. The van der Waals surface area contributed by atoms with E-state index in [0.29, 0.717) is 0 Å². The molecule has 3 N–H and O–H groups in total. The van der Waals surface area contributed by atoms with Gasteiger partial charge in [0.25, 0.3) is 5.91 Å². The molecule has 1 aliphatic rings. The van der Waals surface area contributed by atoms with Crippen LogP contribution in [0.3, 0.4) is 0 Å². The molecule has 1 aromatic heterocycles. The Kier molecular flexibility index (Phi) is 14.7. The molecular weight excluding hydrogens is 490 g/mol. The van der Waals surface area contributed by atoms with E-state index in [4.69, 9.17) is 0 Å². The van der Waals surface area contributed by atoms with Gasteiger partial charge in [-0.15, -0.1) is 11.3 Å². The van der Waals surface area contributed by atoms with Crippen molar-refractivity contribution in [3.05, 3.63) is 80.8 Å². The van der Waals surface area contributed by atoms with Crippen LogP contribution in [0.4, 0.5) is 5.69 Å². The van der Waals surface area contributed by atoms with E-state index in [1.807, 2.05) is 42.5 Å². The lowest BCUT2D eigenvalue weighted by atomic mass is 9.95. The third-order valence-electron chi connectivity index (χ3n) is 6.34. The quantitative estimate of drug-likeness (QED) is 0.327. The van der Waals surface area contributed by atoms with Crippen molar-refractivity contribution < 1.29 is 4.79 Å². The van der Waals surface area contributed by atoms with E-state index in [1.165, 1.54) is 23.1 Å². The van der Waals surface area contributed by atoms with E-state index in [0.717, 1.165) is 74.1 Å². The Balaban J connectivity index is 0.000000480. The summed E-state index contributed by atoms with van der Waals surface area (Å²) in [6, 6.07) is 12.5. The number of nitrogens with one attached hydrogen (secondary N) is 3. The van der Waals surface area contributed by atoms with Crippen molar-refractivity contribution in [3.63, 3.8) is 0 Å². The lowest BCUT2D eigenvalue weighted by Crippen LogP contribution is -2.39. The molecule has 2 aromatic carbocycles. The summed E-state index contributed by atoms with van der Waals surface area (Å²) in [5.41, 5.74) is 6.87. The zero-order chi connectivity index (χ0) is 27.8. The second kappa shape index (κ2) is 17.7. The van der Waals surface area contributed by atoms with Crippen LogP contribution in [0.25, 0.3) is 0 Å². The van der Waals surface area contributed by atoms with Gasteiger partial charge in [0.2, 0.25) is 0 Å². The molecule has 0 bridgehead atoms. The van der Waals surface area contributed by atoms with Gasteiger partial charge in [-0.3, -0.25) is 4.79 Å². The first-order valence-electron chi connectivity index (χ1n) is 14.0. The zero-order valence-corrected chi connectivity index (χ0v) is 25.0. The number of amides is 1. The molecule has 1 saturated heterocycles. The Morgan fingerprint density at radius 3 is 2.16 bits per heavy atom. The highest BCUT2D eigenvalue weighted by Gasteiger charge is 2.14. The van der Waals surface area contributed by atoms with Gasteiger partial charge in [-0.25, -0.2) is 4.98 Å². The second-order valence-electron chi connectivity index (χ2n) is 9.37. The lowest BCUT2D eigenvalue weighted by molar-refractivity contribution is 0.0773. The van der Waals surface area contributed by atoms with Gasteiger partial charge >= 0.3 is 0 Å². The molecule has 208 valence electrons. The average Bonchev–Trinajstić information content (AvgIpc) is 3.46. The molecule has 0 unspecified atom stereocenters. The summed E-state index contributed by atoms with van der Waals surface area (Å²) in [5.74, 6) is 0.106. The monoisotopic (exact) mass is 537 g/mol. The highest BCUT2D eigenvalue weighted by atomic mass is 32.1. The fourth-order valence-corrected chi connectivity index (χ4v) is 4.66. The third-order valence-corrected chi connectivity index (χ3v) is 7.12. The van der Waals surface area contributed by atoms with E-state index in [-0.39, 0.29) is 5.91 Å². The number of carbonyl (C=O) groups is 1. The van der Waals surface area contributed by atoms with Crippen LogP contribution in [0, 0.1) is 13.8 Å². The molecule has 3 aromatic rings. The molecular formula is C31H47N5OS. The molecule has 0 radical (unpaired) electrons. The summed E-state index contributed by atoms with van der Waals surface area (Å²) in [7, 11) is 0. The number of aryl methyl sites for hydroxylation is 1. The SMILES string of the molecule is C1CNCCN1.CCC.CCN(CC)C(=O)c1ccc(Cc2cccc(NCc3nccs3)c2C)c(C)c1. The first-order chi connectivity index (χ1) is 18.4. The van der Waals surface area contributed by atoms with Crippen LogP contribution in [0.1, 0.15) is 71.7 Å². The average molecular weight is 538 g/mol. The van der Waals surface area contributed by atoms with Crippen LogP contribution in [-0.4, -0.2) is 55.1 Å². The van der Waals surface area contributed by atoms with Gasteiger partial charge in [0.15, 0.2) is 0 Å². The molecule has 0 atom stereocenters. The van der Waals surface area contributed by atoms with E-state index in [2.05, 4.69) is 72.9 Å². The van der Waals surface area contributed by atoms with Gasteiger partial charge in [0.1, 0.15) is 5.01 Å². The van der Waals surface area contributed by atoms with Crippen LogP contribution in [0.5, 0.6) is 0 Å². The fraction of sp³-hybridized carbons (Fsp3) is 0.484. The fourth-order valence-electron chi connectivity index (χ4n) is 4.11.